The second-order valence-corrected chi connectivity index (χ2v) is 5.93. The number of carbonyl (C=O) groups excluding carboxylic acids is 1. The van der Waals surface area contributed by atoms with Crippen molar-refractivity contribution in [1.82, 2.24) is 9.88 Å². The van der Waals surface area contributed by atoms with Crippen LogP contribution in [0.4, 0.5) is 0 Å². The Labute approximate surface area is 128 Å². The second-order valence-electron chi connectivity index (χ2n) is 5.19. The van der Waals surface area contributed by atoms with Crippen LogP contribution in [0.25, 0.3) is 10.9 Å². The predicted octanol–water partition coefficient (Wildman–Crippen LogP) is 4.20. The van der Waals surface area contributed by atoms with Crippen LogP contribution in [0.15, 0.2) is 41.2 Å². The maximum atomic E-state index is 12.6. The van der Waals surface area contributed by atoms with Gasteiger partial charge in [-0.15, -0.1) is 0 Å². The molecule has 2 heterocycles. The summed E-state index contributed by atoms with van der Waals surface area (Å²) < 4.78 is 0. The van der Waals surface area contributed by atoms with E-state index in [4.69, 9.17) is 0 Å². The normalized spacial score (nSPS) is 11.0. The molecule has 0 spiro atoms. The number of fused-ring (bicyclic) bond motifs is 1. The molecule has 1 aromatic carbocycles. The molecule has 3 nitrogen and oxygen atoms in total. The Morgan fingerprint density at radius 2 is 2.14 bits per heavy atom. The largest absolute Gasteiger partial charge is 0.361 e. The molecule has 108 valence electrons. The van der Waals surface area contributed by atoms with Crippen LogP contribution in [0.5, 0.6) is 0 Å². The SMILES string of the molecule is CCN(Cc1ccc2[nH]ccc2c1)C(=O)c1cscc1C. The van der Waals surface area contributed by atoms with Crippen molar-refractivity contribution < 1.29 is 4.79 Å². The molecule has 0 aliphatic heterocycles. The van der Waals surface area contributed by atoms with E-state index in [9.17, 15) is 4.79 Å². The van der Waals surface area contributed by atoms with E-state index in [2.05, 4.69) is 29.2 Å². The van der Waals surface area contributed by atoms with Crippen LogP contribution in [0.3, 0.4) is 0 Å². The van der Waals surface area contributed by atoms with Crippen molar-refractivity contribution in [2.45, 2.75) is 20.4 Å². The van der Waals surface area contributed by atoms with Crippen molar-refractivity contribution in [2.24, 2.45) is 0 Å². The molecular weight excluding hydrogens is 280 g/mol. The number of aromatic amines is 1. The third-order valence-corrected chi connectivity index (χ3v) is 4.61. The smallest absolute Gasteiger partial charge is 0.255 e. The number of amides is 1. The molecular formula is C17H18N2OS. The van der Waals surface area contributed by atoms with Crippen LogP contribution in [0, 0.1) is 6.92 Å². The lowest BCUT2D eigenvalue weighted by molar-refractivity contribution is 0.0752. The van der Waals surface area contributed by atoms with Crippen LogP contribution in [-0.2, 0) is 6.54 Å². The van der Waals surface area contributed by atoms with Crippen molar-refractivity contribution in [3.8, 4) is 0 Å². The Kier molecular flexibility index (Phi) is 3.80. The molecule has 1 N–H and O–H groups in total. The van der Waals surface area contributed by atoms with Gasteiger partial charge in [0.2, 0.25) is 0 Å². The molecule has 0 radical (unpaired) electrons. The molecule has 0 saturated heterocycles. The minimum Gasteiger partial charge on any atom is -0.361 e. The van der Waals surface area contributed by atoms with Gasteiger partial charge >= 0.3 is 0 Å². The van der Waals surface area contributed by atoms with Crippen molar-refractivity contribution >= 4 is 28.1 Å². The zero-order chi connectivity index (χ0) is 14.8. The van der Waals surface area contributed by atoms with Crippen molar-refractivity contribution in [3.63, 3.8) is 0 Å². The predicted molar refractivity (Wildman–Crippen MR) is 87.8 cm³/mol. The zero-order valence-corrected chi connectivity index (χ0v) is 13.0. The highest BCUT2D eigenvalue weighted by molar-refractivity contribution is 7.08. The van der Waals surface area contributed by atoms with Crippen molar-refractivity contribution in [1.29, 1.82) is 0 Å². The third-order valence-electron chi connectivity index (χ3n) is 3.75. The minimum absolute atomic E-state index is 0.116. The fourth-order valence-corrected chi connectivity index (χ4v) is 3.32. The lowest BCUT2D eigenvalue weighted by atomic mass is 10.1. The van der Waals surface area contributed by atoms with Crippen LogP contribution in [0.2, 0.25) is 0 Å². The van der Waals surface area contributed by atoms with Crippen LogP contribution in [-0.4, -0.2) is 22.3 Å². The Balaban J connectivity index is 1.83. The van der Waals surface area contributed by atoms with E-state index in [1.54, 1.807) is 11.3 Å². The highest BCUT2D eigenvalue weighted by atomic mass is 32.1. The van der Waals surface area contributed by atoms with E-state index >= 15 is 0 Å². The molecule has 1 amide bonds. The summed E-state index contributed by atoms with van der Waals surface area (Å²) in [5, 5.41) is 5.14. The molecule has 0 saturated carbocycles. The highest BCUT2D eigenvalue weighted by Gasteiger charge is 2.17. The molecule has 0 aliphatic rings. The number of nitrogens with zero attached hydrogens (tertiary/aromatic N) is 1. The number of benzene rings is 1. The quantitative estimate of drug-likeness (QED) is 0.770. The van der Waals surface area contributed by atoms with E-state index in [1.807, 2.05) is 35.7 Å². The number of thiophene rings is 1. The molecule has 0 bridgehead atoms. The number of hydrogen-bond acceptors (Lipinski definition) is 2. The van der Waals surface area contributed by atoms with Gasteiger partial charge in [0.05, 0.1) is 5.56 Å². The standard InChI is InChI=1S/C17H18N2OS/c1-3-19(17(20)15-11-21-10-12(15)2)9-13-4-5-16-14(8-13)6-7-18-16/h4-8,10-11,18H,3,9H2,1-2H3. The molecule has 0 fully saturated rings. The number of rotatable bonds is 4. The van der Waals surface area contributed by atoms with Gasteiger partial charge in [-0.2, -0.15) is 11.3 Å². The highest BCUT2D eigenvalue weighted by Crippen LogP contribution is 2.19. The van der Waals surface area contributed by atoms with Gasteiger partial charge in [0.25, 0.3) is 5.91 Å². The fraction of sp³-hybridized carbons (Fsp3) is 0.235. The Morgan fingerprint density at radius 1 is 1.29 bits per heavy atom. The molecule has 21 heavy (non-hydrogen) atoms. The lowest BCUT2D eigenvalue weighted by Crippen LogP contribution is -2.30. The Morgan fingerprint density at radius 3 is 2.86 bits per heavy atom. The summed E-state index contributed by atoms with van der Waals surface area (Å²) in [4.78, 5) is 17.7. The van der Waals surface area contributed by atoms with Gasteiger partial charge in [-0.25, -0.2) is 0 Å². The van der Waals surface area contributed by atoms with Crippen molar-refractivity contribution in [2.75, 3.05) is 6.54 Å². The summed E-state index contributed by atoms with van der Waals surface area (Å²) in [6.07, 6.45) is 1.94. The summed E-state index contributed by atoms with van der Waals surface area (Å²) in [5.74, 6) is 0.116. The summed E-state index contributed by atoms with van der Waals surface area (Å²) in [6.45, 7) is 5.36. The van der Waals surface area contributed by atoms with Gasteiger partial charge in [-0.3, -0.25) is 4.79 Å². The Hall–Kier alpha value is -2.07. The number of nitrogens with one attached hydrogen (secondary N) is 1. The van der Waals surface area contributed by atoms with Gasteiger partial charge < -0.3 is 9.88 Å². The van der Waals surface area contributed by atoms with E-state index in [0.717, 1.165) is 22.2 Å². The van der Waals surface area contributed by atoms with E-state index < -0.39 is 0 Å². The van der Waals surface area contributed by atoms with Crippen molar-refractivity contribution in [3.05, 3.63) is 57.9 Å². The minimum atomic E-state index is 0.116. The molecule has 3 aromatic rings. The van der Waals surface area contributed by atoms with E-state index in [0.29, 0.717) is 13.1 Å². The average molecular weight is 298 g/mol. The summed E-state index contributed by atoms with van der Waals surface area (Å²) in [7, 11) is 0. The van der Waals surface area contributed by atoms with Gasteiger partial charge in [0.15, 0.2) is 0 Å². The number of carbonyl (C=O) groups is 1. The molecule has 0 atom stereocenters. The van der Waals surface area contributed by atoms with Gasteiger partial charge in [-0.1, -0.05) is 6.07 Å². The second kappa shape index (κ2) is 5.74. The van der Waals surface area contributed by atoms with E-state index in [-0.39, 0.29) is 5.91 Å². The van der Waals surface area contributed by atoms with Crippen LogP contribution >= 0.6 is 11.3 Å². The van der Waals surface area contributed by atoms with Gasteiger partial charge in [0.1, 0.15) is 0 Å². The first-order chi connectivity index (χ1) is 10.2. The first-order valence-corrected chi connectivity index (χ1v) is 8.01. The topological polar surface area (TPSA) is 36.1 Å². The number of H-pyrrole nitrogens is 1. The lowest BCUT2D eigenvalue weighted by Gasteiger charge is -2.21. The molecule has 3 rings (SSSR count). The number of aromatic nitrogens is 1. The summed E-state index contributed by atoms with van der Waals surface area (Å²) >= 11 is 1.58. The molecule has 0 unspecified atom stereocenters. The number of aryl methyl sites for hydroxylation is 1. The maximum absolute atomic E-state index is 12.6. The number of hydrogen-bond donors (Lipinski definition) is 1. The maximum Gasteiger partial charge on any atom is 0.255 e. The monoisotopic (exact) mass is 298 g/mol. The third kappa shape index (κ3) is 2.72. The Bertz CT molecular complexity index is 772. The van der Waals surface area contributed by atoms with Crippen LogP contribution < -0.4 is 0 Å². The average Bonchev–Trinajstić information content (AvgIpc) is 3.12. The van der Waals surface area contributed by atoms with Gasteiger partial charge in [0, 0.05) is 30.2 Å². The summed E-state index contributed by atoms with van der Waals surface area (Å²) in [6, 6.07) is 8.34. The molecule has 2 aromatic heterocycles. The first kappa shape index (κ1) is 13.9. The van der Waals surface area contributed by atoms with Gasteiger partial charge in [-0.05, 0) is 53.9 Å². The fourth-order valence-electron chi connectivity index (χ4n) is 2.50. The summed E-state index contributed by atoms with van der Waals surface area (Å²) in [5.41, 5.74) is 4.17. The zero-order valence-electron chi connectivity index (χ0n) is 12.2. The molecule has 4 heteroatoms. The first-order valence-electron chi connectivity index (χ1n) is 7.07. The van der Waals surface area contributed by atoms with Crippen LogP contribution in [0.1, 0.15) is 28.4 Å². The van der Waals surface area contributed by atoms with E-state index in [1.165, 1.54) is 5.39 Å². The molecule has 0 aliphatic carbocycles.